The minimum absolute atomic E-state index is 1.19. The van der Waals surface area contributed by atoms with Crippen LogP contribution in [-0.4, -0.2) is 12.3 Å². The second-order valence-electron chi connectivity index (χ2n) is 2.08. The Morgan fingerprint density at radius 1 is 1.44 bits per heavy atom. The first-order valence-corrected chi connectivity index (χ1v) is 3.04. The molecule has 0 aliphatic heterocycles. The maximum absolute atomic E-state index is 4.02. The quantitative estimate of drug-likeness (QED) is 0.496. The molecule has 0 atom stereocenters. The molecule has 0 amide bonds. The van der Waals surface area contributed by atoms with Crippen molar-refractivity contribution >= 4 is 12.7 Å². The van der Waals surface area contributed by atoms with Crippen LogP contribution in [0.2, 0.25) is 6.82 Å². The Balaban J connectivity index is 2.94. The van der Waals surface area contributed by atoms with Crippen LogP contribution in [0.4, 0.5) is 0 Å². The lowest BCUT2D eigenvalue weighted by molar-refractivity contribution is 1.29. The van der Waals surface area contributed by atoms with Crippen LogP contribution in [0.3, 0.4) is 0 Å². The second kappa shape index (κ2) is 2.67. The third-order valence-corrected chi connectivity index (χ3v) is 1.23. The number of rotatable bonds is 1. The van der Waals surface area contributed by atoms with Gasteiger partial charge in [-0.25, -0.2) is 0 Å². The molecule has 0 unspecified atom stereocenters. The van der Waals surface area contributed by atoms with Gasteiger partial charge in [0.2, 0.25) is 0 Å². The normalized spacial score (nSPS) is 9.11. The Bertz CT molecular complexity index is 198. The lowest BCUT2D eigenvalue weighted by Gasteiger charge is -1.93. The van der Waals surface area contributed by atoms with Gasteiger partial charge in [-0.1, -0.05) is 18.4 Å². The van der Waals surface area contributed by atoms with Gasteiger partial charge in [0.15, 0.2) is 0 Å². The van der Waals surface area contributed by atoms with Gasteiger partial charge in [-0.3, -0.25) is 4.98 Å². The minimum atomic E-state index is 1.19. The molecule has 0 spiro atoms. The zero-order valence-corrected chi connectivity index (χ0v) is 5.76. The van der Waals surface area contributed by atoms with Crippen molar-refractivity contribution in [1.29, 1.82) is 0 Å². The summed E-state index contributed by atoms with van der Waals surface area (Å²) < 4.78 is 0. The fourth-order valence-electron chi connectivity index (χ4n) is 0.736. The van der Waals surface area contributed by atoms with E-state index in [0.29, 0.717) is 0 Å². The van der Waals surface area contributed by atoms with Crippen molar-refractivity contribution in [2.45, 2.75) is 13.7 Å². The van der Waals surface area contributed by atoms with Crippen molar-refractivity contribution in [3.8, 4) is 0 Å². The SMILES string of the molecule is C[B]c1cncc(C)c1. The number of pyridine rings is 1. The van der Waals surface area contributed by atoms with Gasteiger partial charge < -0.3 is 0 Å². The summed E-state index contributed by atoms with van der Waals surface area (Å²) >= 11 is 0. The molecule has 0 fully saturated rings. The molecule has 1 rings (SSSR count). The smallest absolute Gasteiger partial charge is 0.150 e. The third kappa shape index (κ3) is 1.56. The van der Waals surface area contributed by atoms with Crippen LogP contribution in [0.25, 0.3) is 0 Å². The Morgan fingerprint density at radius 2 is 2.22 bits per heavy atom. The number of hydrogen-bond donors (Lipinski definition) is 0. The van der Waals surface area contributed by atoms with Crippen molar-refractivity contribution < 1.29 is 0 Å². The molecular weight excluding hydrogens is 109 g/mol. The third-order valence-electron chi connectivity index (χ3n) is 1.23. The topological polar surface area (TPSA) is 12.9 Å². The molecule has 1 radical (unpaired) electrons. The highest BCUT2D eigenvalue weighted by molar-refractivity contribution is 6.51. The van der Waals surface area contributed by atoms with E-state index in [2.05, 4.69) is 11.1 Å². The van der Waals surface area contributed by atoms with Crippen molar-refractivity contribution in [2.24, 2.45) is 0 Å². The summed E-state index contributed by atoms with van der Waals surface area (Å²) in [4.78, 5) is 4.02. The van der Waals surface area contributed by atoms with E-state index in [-0.39, 0.29) is 0 Å². The number of nitrogens with zero attached hydrogens (tertiary/aromatic N) is 1. The van der Waals surface area contributed by atoms with Crippen LogP contribution in [0, 0.1) is 6.92 Å². The van der Waals surface area contributed by atoms with Crippen LogP contribution in [0.5, 0.6) is 0 Å². The highest BCUT2D eigenvalue weighted by atomic mass is 14.6. The van der Waals surface area contributed by atoms with Gasteiger partial charge in [0.05, 0.1) is 0 Å². The molecule has 1 aromatic heterocycles. The molecule has 1 heterocycles. The molecule has 0 N–H and O–H groups in total. The first-order valence-electron chi connectivity index (χ1n) is 3.04. The standard InChI is InChI=1S/C7H9BN/c1-6-3-7(8-2)5-9-4-6/h3-5H,1-2H3. The van der Waals surface area contributed by atoms with Gasteiger partial charge >= 0.3 is 0 Å². The Kier molecular flexibility index (Phi) is 1.88. The number of aryl methyl sites for hydroxylation is 1. The summed E-state index contributed by atoms with van der Waals surface area (Å²) in [5.74, 6) is 0. The first-order chi connectivity index (χ1) is 4.33. The molecule has 0 aliphatic rings. The lowest BCUT2D eigenvalue weighted by Crippen LogP contribution is -2.10. The maximum Gasteiger partial charge on any atom is 0.150 e. The number of hydrogen-bond acceptors (Lipinski definition) is 1. The van der Waals surface area contributed by atoms with E-state index >= 15 is 0 Å². The highest BCUT2D eigenvalue weighted by Gasteiger charge is 1.88. The monoisotopic (exact) mass is 118 g/mol. The molecular formula is C7H9BN. The van der Waals surface area contributed by atoms with E-state index in [9.17, 15) is 0 Å². The summed E-state index contributed by atoms with van der Waals surface area (Å²) in [6.07, 6.45) is 3.71. The molecule has 0 saturated heterocycles. The molecule has 1 nitrogen and oxygen atoms in total. The van der Waals surface area contributed by atoms with E-state index < -0.39 is 0 Å². The lowest BCUT2D eigenvalue weighted by atomic mass is 9.74. The van der Waals surface area contributed by atoms with E-state index in [0.717, 1.165) is 0 Å². The molecule has 0 saturated carbocycles. The molecule has 1 aromatic rings. The van der Waals surface area contributed by atoms with E-state index in [1.807, 2.05) is 33.4 Å². The zero-order chi connectivity index (χ0) is 6.69. The minimum Gasteiger partial charge on any atom is -0.265 e. The fourth-order valence-corrected chi connectivity index (χ4v) is 0.736. The van der Waals surface area contributed by atoms with E-state index in [1.54, 1.807) is 0 Å². The van der Waals surface area contributed by atoms with Gasteiger partial charge in [-0.15, -0.1) is 0 Å². The Morgan fingerprint density at radius 3 is 2.67 bits per heavy atom. The van der Waals surface area contributed by atoms with Gasteiger partial charge in [-0.05, 0) is 12.5 Å². The van der Waals surface area contributed by atoms with E-state index in [4.69, 9.17) is 0 Å². The Labute approximate surface area is 56.4 Å². The van der Waals surface area contributed by atoms with Gasteiger partial charge in [0, 0.05) is 12.4 Å². The summed E-state index contributed by atoms with van der Waals surface area (Å²) in [5, 5.41) is 0. The van der Waals surface area contributed by atoms with Crippen LogP contribution >= 0.6 is 0 Å². The Hall–Kier alpha value is -0.785. The van der Waals surface area contributed by atoms with Gasteiger partial charge in [0.25, 0.3) is 0 Å². The molecule has 9 heavy (non-hydrogen) atoms. The predicted molar refractivity (Wildman–Crippen MR) is 40.2 cm³/mol. The highest BCUT2D eigenvalue weighted by Crippen LogP contribution is 1.87. The van der Waals surface area contributed by atoms with Crippen LogP contribution in [-0.2, 0) is 0 Å². The summed E-state index contributed by atoms with van der Waals surface area (Å²) in [6, 6.07) is 2.10. The van der Waals surface area contributed by atoms with Crippen molar-refractivity contribution in [1.82, 2.24) is 4.98 Å². The first kappa shape index (κ1) is 6.34. The van der Waals surface area contributed by atoms with Crippen molar-refractivity contribution in [2.75, 3.05) is 0 Å². The summed E-state index contributed by atoms with van der Waals surface area (Å²) in [5.41, 5.74) is 2.40. The van der Waals surface area contributed by atoms with Crippen LogP contribution in [0.1, 0.15) is 5.56 Å². The molecule has 45 valence electrons. The average Bonchev–Trinajstić information content (AvgIpc) is 1.88. The van der Waals surface area contributed by atoms with E-state index in [1.165, 1.54) is 11.0 Å². The molecule has 0 aromatic carbocycles. The predicted octanol–water partition coefficient (Wildman–Crippen LogP) is 0.768. The summed E-state index contributed by atoms with van der Waals surface area (Å²) in [7, 11) is 2.04. The molecule has 2 heteroatoms. The fraction of sp³-hybridized carbons (Fsp3) is 0.286. The van der Waals surface area contributed by atoms with Crippen LogP contribution in [0.15, 0.2) is 18.5 Å². The number of aromatic nitrogens is 1. The van der Waals surface area contributed by atoms with Crippen molar-refractivity contribution in [3.63, 3.8) is 0 Å². The average molecular weight is 118 g/mol. The van der Waals surface area contributed by atoms with Gasteiger partial charge in [0.1, 0.15) is 7.28 Å². The summed E-state index contributed by atoms with van der Waals surface area (Å²) in [6.45, 7) is 4.05. The zero-order valence-electron chi connectivity index (χ0n) is 5.76. The second-order valence-corrected chi connectivity index (χ2v) is 2.08. The van der Waals surface area contributed by atoms with Crippen LogP contribution < -0.4 is 5.46 Å². The molecule has 0 bridgehead atoms. The maximum atomic E-state index is 4.02. The largest absolute Gasteiger partial charge is 0.265 e. The van der Waals surface area contributed by atoms with Crippen molar-refractivity contribution in [3.05, 3.63) is 24.0 Å². The molecule has 0 aliphatic carbocycles. The van der Waals surface area contributed by atoms with Gasteiger partial charge in [-0.2, -0.15) is 0 Å².